The maximum atomic E-state index is 13.0. The maximum absolute atomic E-state index is 13.0. The van der Waals surface area contributed by atoms with Gasteiger partial charge in [-0.15, -0.1) is 0 Å². The third kappa shape index (κ3) is 3.98. The van der Waals surface area contributed by atoms with Crippen molar-refractivity contribution in [3.05, 3.63) is 74.4 Å². The van der Waals surface area contributed by atoms with E-state index in [1.807, 2.05) is 0 Å². The van der Waals surface area contributed by atoms with Crippen LogP contribution in [0.4, 0.5) is 14.9 Å². The molecule has 2 amide bonds. The highest BCUT2D eigenvalue weighted by Gasteiger charge is 2.35. The third-order valence-electron chi connectivity index (χ3n) is 3.82. The van der Waals surface area contributed by atoms with Crippen molar-refractivity contribution in [2.24, 2.45) is 0 Å². The second kappa shape index (κ2) is 7.58. The van der Waals surface area contributed by atoms with Gasteiger partial charge in [0.1, 0.15) is 5.82 Å². The highest BCUT2D eigenvalue weighted by molar-refractivity contribution is 8.18. The Labute approximate surface area is 157 Å². The molecule has 1 fully saturated rings. The number of benzene rings is 2. The van der Waals surface area contributed by atoms with E-state index in [4.69, 9.17) is 4.74 Å². The molecule has 1 saturated heterocycles. The topological polar surface area (TPSA) is 89.8 Å². The van der Waals surface area contributed by atoms with E-state index in [0.29, 0.717) is 11.1 Å². The molecule has 0 bridgehead atoms. The Bertz CT molecular complexity index is 959. The monoisotopic (exact) mass is 388 g/mol. The molecule has 138 valence electrons. The summed E-state index contributed by atoms with van der Waals surface area (Å²) in [5.74, 6) is -0.816. The summed E-state index contributed by atoms with van der Waals surface area (Å²) in [7, 11) is 1.32. The van der Waals surface area contributed by atoms with Gasteiger partial charge in [0.2, 0.25) is 0 Å². The lowest BCUT2D eigenvalue weighted by Crippen LogP contribution is -2.27. The number of rotatable bonds is 5. The van der Waals surface area contributed by atoms with Gasteiger partial charge in [-0.3, -0.25) is 24.6 Å². The van der Waals surface area contributed by atoms with Crippen molar-refractivity contribution in [1.29, 1.82) is 0 Å². The van der Waals surface area contributed by atoms with Crippen LogP contribution in [0.3, 0.4) is 0 Å². The fourth-order valence-electron chi connectivity index (χ4n) is 2.50. The summed E-state index contributed by atoms with van der Waals surface area (Å²) in [6, 6.07) is 9.74. The quantitative estimate of drug-likeness (QED) is 0.437. The van der Waals surface area contributed by atoms with Crippen LogP contribution in [0.15, 0.2) is 47.4 Å². The number of halogens is 1. The van der Waals surface area contributed by atoms with E-state index in [0.717, 1.165) is 16.7 Å². The Hall–Kier alpha value is -3.20. The van der Waals surface area contributed by atoms with Gasteiger partial charge >= 0.3 is 5.69 Å². The van der Waals surface area contributed by atoms with Crippen molar-refractivity contribution in [1.82, 2.24) is 4.90 Å². The van der Waals surface area contributed by atoms with Crippen LogP contribution in [-0.2, 0) is 11.3 Å². The fourth-order valence-corrected chi connectivity index (χ4v) is 3.34. The Morgan fingerprint density at radius 3 is 2.56 bits per heavy atom. The number of hydrogen-bond donors (Lipinski definition) is 0. The van der Waals surface area contributed by atoms with Gasteiger partial charge in [-0.2, -0.15) is 0 Å². The normalized spacial score (nSPS) is 15.5. The van der Waals surface area contributed by atoms with Gasteiger partial charge in [0.15, 0.2) is 5.75 Å². The number of ether oxygens (including phenoxy) is 1. The first-order valence-electron chi connectivity index (χ1n) is 7.71. The van der Waals surface area contributed by atoms with Crippen molar-refractivity contribution in [3.8, 4) is 5.75 Å². The van der Waals surface area contributed by atoms with Crippen molar-refractivity contribution < 1.29 is 23.6 Å². The first kappa shape index (κ1) is 18.6. The molecule has 0 radical (unpaired) electrons. The number of nitro benzene ring substituents is 1. The number of hydrogen-bond acceptors (Lipinski definition) is 6. The molecule has 1 heterocycles. The summed E-state index contributed by atoms with van der Waals surface area (Å²) in [5.41, 5.74) is 0.770. The Kier molecular flexibility index (Phi) is 5.22. The number of amides is 2. The zero-order valence-electron chi connectivity index (χ0n) is 14.0. The smallest absolute Gasteiger partial charge is 0.311 e. The lowest BCUT2D eigenvalue weighted by Gasteiger charge is -2.12. The lowest BCUT2D eigenvalue weighted by molar-refractivity contribution is -0.385. The molecular weight excluding hydrogens is 375 g/mol. The largest absolute Gasteiger partial charge is 0.490 e. The molecule has 0 unspecified atom stereocenters. The van der Waals surface area contributed by atoms with Crippen LogP contribution in [0.1, 0.15) is 11.1 Å². The van der Waals surface area contributed by atoms with Crippen molar-refractivity contribution in [3.63, 3.8) is 0 Å². The van der Waals surface area contributed by atoms with E-state index in [1.165, 1.54) is 49.6 Å². The molecule has 3 rings (SSSR count). The minimum atomic E-state index is -0.587. The Morgan fingerprint density at radius 2 is 1.93 bits per heavy atom. The van der Waals surface area contributed by atoms with Crippen molar-refractivity contribution in [2.75, 3.05) is 7.11 Å². The minimum absolute atomic E-state index is 0.0189. The molecule has 0 spiro atoms. The summed E-state index contributed by atoms with van der Waals surface area (Å²) in [6.07, 6.45) is 1.42. The molecule has 1 aliphatic rings. The number of thioether (sulfide) groups is 1. The zero-order valence-corrected chi connectivity index (χ0v) is 14.9. The molecule has 2 aromatic rings. The van der Waals surface area contributed by atoms with Gasteiger partial charge in [-0.1, -0.05) is 18.2 Å². The zero-order chi connectivity index (χ0) is 19.6. The molecule has 0 saturated carbocycles. The molecule has 0 aromatic heterocycles. The highest BCUT2D eigenvalue weighted by Crippen LogP contribution is 2.35. The van der Waals surface area contributed by atoms with E-state index in [9.17, 15) is 24.1 Å². The molecule has 0 aliphatic carbocycles. The average Bonchev–Trinajstić information content (AvgIpc) is 2.90. The van der Waals surface area contributed by atoms with E-state index in [2.05, 4.69) is 0 Å². The first-order valence-corrected chi connectivity index (χ1v) is 8.53. The average molecular weight is 388 g/mol. The molecule has 9 heteroatoms. The van der Waals surface area contributed by atoms with Crippen LogP contribution in [0.2, 0.25) is 0 Å². The number of carbonyl (C=O) groups is 2. The standard InChI is InChI=1S/C18H13FN2O5S/c1-26-15-7-4-12(8-14(15)21(24)25)9-16-17(22)20(18(23)27-16)10-11-2-5-13(19)6-3-11/h2-9H,10H2,1H3/b16-9+. The van der Waals surface area contributed by atoms with Crippen molar-refractivity contribution in [2.45, 2.75) is 6.54 Å². The van der Waals surface area contributed by atoms with E-state index >= 15 is 0 Å². The number of nitrogens with zero attached hydrogens (tertiary/aromatic N) is 2. The number of carbonyl (C=O) groups excluding carboxylic acids is 2. The second-order valence-corrected chi connectivity index (χ2v) is 6.58. The molecular formula is C18H13FN2O5S. The maximum Gasteiger partial charge on any atom is 0.311 e. The van der Waals surface area contributed by atoms with E-state index in [-0.39, 0.29) is 22.9 Å². The molecule has 1 aliphatic heterocycles. The predicted octanol–water partition coefficient (Wildman–Crippen LogP) is 3.98. The third-order valence-corrected chi connectivity index (χ3v) is 4.73. The summed E-state index contributed by atoms with van der Waals surface area (Å²) in [4.78, 5) is 36.4. The van der Waals surface area contributed by atoms with Crippen LogP contribution in [-0.4, -0.2) is 28.1 Å². The van der Waals surface area contributed by atoms with Gasteiger partial charge in [0.25, 0.3) is 11.1 Å². The number of methoxy groups -OCH3 is 1. The van der Waals surface area contributed by atoms with Gasteiger partial charge in [-0.25, -0.2) is 4.39 Å². The Morgan fingerprint density at radius 1 is 1.22 bits per heavy atom. The van der Waals surface area contributed by atoms with Crippen LogP contribution >= 0.6 is 11.8 Å². The first-order chi connectivity index (χ1) is 12.9. The number of nitro groups is 1. The van der Waals surface area contributed by atoms with E-state index in [1.54, 1.807) is 6.07 Å². The van der Waals surface area contributed by atoms with Crippen LogP contribution in [0, 0.1) is 15.9 Å². The number of imide groups is 1. The summed E-state index contributed by atoms with van der Waals surface area (Å²) < 4.78 is 17.9. The predicted molar refractivity (Wildman–Crippen MR) is 97.6 cm³/mol. The Balaban J connectivity index is 1.84. The van der Waals surface area contributed by atoms with Gasteiger partial charge in [0, 0.05) is 6.07 Å². The summed E-state index contributed by atoms with van der Waals surface area (Å²) >= 11 is 0.747. The fraction of sp³-hybridized carbons (Fsp3) is 0.111. The van der Waals surface area contributed by atoms with Gasteiger partial charge in [0.05, 0.1) is 23.5 Å². The van der Waals surface area contributed by atoms with Crippen LogP contribution in [0.25, 0.3) is 6.08 Å². The van der Waals surface area contributed by atoms with Gasteiger partial charge in [-0.05, 0) is 47.2 Å². The van der Waals surface area contributed by atoms with Crippen LogP contribution in [0.5, 0.6) is 5.75 Å². The molecule has 0 N–H and O–H groups in total. The minimum Gasteiger partial charge on any atom is -0.490 e. The van der Waals surface area contributed by atoms with Crippen LogP contribution < -0.4 is 4.74 Å². The molecule has 0 atom stereocenters. The summed E-state index contributed by atoms with van der Waals surface area (Å²) in [5, 5.41) is 10.6. The van der Waals surface area contributed by atoms with Gasteiger partial charge < -0.3 is 4.74 Å². The second-order valence-electron chi connectivity index (χ2n) is 5.58. The van der Waals surface area contributed by atoms with Crippen molar-refractivity contribution >= 4 is 34.7 Å². The van der Waals surface area contributed by atoms with E-state index < -0.39 is 21.9 Å². The summed E-state index contributed by atoms with van der Waals surface area (Å²) in [6.45, 7) is 0.0189. The SMILES string of the molecule is COc1ccc(/C=C2/SC(=O)N(Cc3ccc(F)cc3)C2=O)cc1[N+](=O)[O-]. The lowest BCUT2D eigenvalue weighted by atomic mass is 10.1. The molecule has 27 heavy (non-hydrogen) atoms. The molecule has 7 nitrogen and oxygen atoms in total. The molecule has 2 aromatic carbocycles. The highest BCUT2D eigenvalue weighted by atomic mass is 32.2.